The molecule has 0 atom stereocenters. The summed E-state index contributed by atoms with van der Waals surface area (Å²) in [5.41, 5.74) is 0.797. The number of anilines is 1. The molecule has 2 N–H and O–H groups in total. The number of hydrogen-bond acceptors (Lipinski definition) is 4. The number of esters is 1. The maximum Gasteiger partial charge on any atom is 0.331 e. The lowest BCUT2D eigenvalue weighted by molar-refractivity contribution is -0.147. The van der Waals surface area contributed by atoms with E-state index >= 15 is 0 Å². The summed E-state index contributed by atoms with van der Waals surface area (Å²) < 4.78 is 5.00. The Hall–Kier alpha value is -1.26. The van der Waals surface area contributed by atoms with Crippen LogP contribution in [-0.4, -0.2) is 29.8 Å². The van der Waals surface area contributed by atoms with Crippen LogP contribution in [-0.2, 0) is 16.0 Å². The molecule has 0 aliphatic heterocycles. The number of benzene rings is 1. The van der Waals surface area contributed by atoms with Crippen LogP contribution in [0.5, 0.6) is 0 Å². The average molecular weight is 286 g/mol. The average Bonchev–Trinajstić information content (AvgIpc) is 2.32. The minimum atomic E-state index is -0.822. The zero-order valence-corrected chi connectivity index (χ0v) is 12.3. The van der Waals surface area contributed by atoms with Gasteiger partial charge in [-0.15, -0.1) is 0 Å². The zero-order chi connectivity index (χ0) is 14.5. The van der Waals surface area contributed by atoms with Crippen molar-refractivity contribution in [1.82, 2.24) is 0 Å². The fourth-order valence-electron chi connectivity index (χ4n) is 1.67. The fraction of sp³-hybridized carbons (Fsp3) is 0.500. The van der Waals surface area contributed by atoms with Gasteiger partial charge in [-0.2, -0.15) is 0 Å². The lowest BCUT2D eigenvalue weighted by Gasteiger charge is -2.25. The second-order valence-electron chi connectivity index (χ2n) is 4.75. The molecule has 0 heterocycles. The summed E-state index contributed by atoms with van der Waals surface area (Å²) in [4.78, 5) is 11.8. The highest BCUT2D eigenvalue weighted by Gasteiger charge is 2.28. The van der Waals surface area contributed by atoms with Crippen molar-refractivity contribution in [2.45, 2.75) is 32.7 Å². The van der Waals surface area contributed by atoms with E-state index in [-0.39, 0.29) is 12.6 Å². The molecule has 0 bridgehead atoms. The van der Waals surface area contributed by atoms with Crippen LogP contribution in [0.3, 0.4) is 0 Å². The van der Waals surface area contributed by atoms with Gasteiger partial charge in [0.1, 0.15) is 5.54 Å². The van der Waals surface area contributed by atoms with Crippen LogP contribution >= 0.6 is 11.6 Å². The van der Waals surface area contributed by atoms with E-state index < -0.39 is 5.54 Å². The van der Waals surface area contributed by atoms with Crippen molar-refractivity contribution in [2.75, 3.05) is 18.5 Å². The van der Waals surface area contributed by atoms with Crippen LogP contribution < -0.4 is 5.32 Å². The first-order chi connectivity index (χ1) is 8.90. The summed E-state index contributed by atoms with van der Waals surface area (Å²) in [6.07, 6.45) is 0.514. The number of carbonyl (C=O) groups is 1. The lowest BCUT2D eigenvalue weighted by Crippen LogP contribution is -2.41. The molecule has 0 saturated heterocycles. The van der Waals surface area contributed by atoms with Crippen molar-refractivity contribution in [3.05, 3.63) is 28.8 Å². The number of halogens is 1. The van der Waals surface area contributed by atoms with Gasteiger partial charge in [-0.3, -0.25) is 0 Å². The minimum absolute atomic E-state index is 0.0564. The molecule has 0 amide bonds. The molecule has 1 aromatic rings. The van der Waals surface area contributed by atoms with E-state index in [0.717, 1.165) is 11.3 Å². The van der Waals surface area contributed by atoms with Gasteiger partial charge in [0.15, 0.2) is 0 Å². The Morgan fingerprint density at radius 1 is 1.47 bits per heavy atom. The van der Waals surface area contributed by atoms with E-state index in [1.54, 1.807) is 26.8 Å². The van der Waals surface area contributed by atoms with Crippen molar-refractivity contribution in [1.29, 1.82) is 0 Å². The summed E-state index contributed by atoms with van der Waals surface area (Å²) in [6.45, 7) is 5.68. The molecule has 1 rings (SSSR count). The molecule has 0 spiro atoms. The Balaban J connectivity index is 2.82. The van der Waals surface area contributed by atoms with Crippen LogP contribution in [0.25, 0.3) is 0 Å². The standard InChI is InChI=1S/C14H20ClNO3/c1-4-19-13(18)14(2,3)16-11-6-5-10(7-8-17)12(15)9-11/h5-6,9,16-17H,4,7-8H2,1-3H3. The van der Waals surface area contributed by atoms with E-state index in [4.69, 9.17) is 21.4 Å². The number of carbonyl (C=O) groups excluding carboxylic acids is 1. The number of nitrogens with one attached hydrogen (secondary N) is 1. The largest absolute Gasteiger partial charge is 0.464 e. The highest BCUT2D eigenvalue weighted by atomic mass is 35.5. The zero-order valence-electron chi connectivity index (χ0n) is 11.5. The third-order valence-corrected chi connectivity index (χ3v) is 3.03. The van der Waals surface area contributed by atoms with Crippen molar-refractivity contribution in [2.24, 2.45) is 0 Å². The monoisotopic (exact) mass is 285 g/mol. The third-order valence-electron chi connectivity index (χ3n) is 2.68. The van der Waals surface area contributed by atoms with Crippen molar-refractivity contribution < 1.29 is 14.6 Å². The third kappa shape index (κ3) is 4.40. The van der Waals surface area contributed by atoms with Crippen molar-refractivity contribution >= 4 is 23.3 Å². The van der Waals surface area contributed by atoms with Gasteiger partial charge in [0.05, 0.1) is 6.61 Å². The number of rotatable bonds is 6. The van der Waals surface area contributed by atoms with Gasteiger partial charge in [0.25, 0.3) is 0 Å². The van der Waals surface area contributed by atoms with Crippen LogP contribution in [0, 0.1) is 0 Å². The predicted molar refractivity (Wildman–Crippen MR) is 76.6 cm³/mol. The quantitative estimate of drug-likeness (QED) is 0.789. The maximum atomic E-state index is 11.8. The van der Waals surface area contributed by atoms with E-state index in [0.29, 0.717) is 18.1 Å². The van der Waals surface area contributed by atoms with E-state index in [1.165, 1.54) is 0 Å². The Bertz CT molecular complexity index is 446. The Labute approximate surface area is 118 Å². The number of aliphatic hydroxyl groups excluding tert-OH is 1. The van der Waals surface area contributed by atoms with Gasteiger partial charge in [-0.05, 0) is 44.9 Å². The van der Waals surface area contributed by atoms with Crippen molar-refractivity contribution in [3.63, 3.8) is 0 Å². The molecule has 0 radical (unpaired) electrons. The normalized spacial score (nSPS) is 11.2. The van der Waals surface area contributed by atoms with Gasteiger partial charge in [0, 0.05) is 17.3 Å². The molecular formula is C14H20ClNO3. The molecule has 5 heteroatoms. The van der Waals surface area contributed by atoms with Gasteiger partial charge >= 0.3 is 5.97 Å². The Kier molecular flexibility index (Phi) is 5.63. The number of hydrogen-bond donors (Lipinski definition) is 2. The molecular weight excluding hydrogens is 266 g/mol. The molecule has 106 valence electrons. The molecule has 0 fully saturated rings. The lowest BCUT2D eigenvalue weighted by atomic mass is 10.0. The molecule has 0 aromatic heterocycles. The molecule has 0 aliphatic rings. The SMILES string of the molecule is CCOC(=O)C(C)(C)Nc1ccc(CCO)c(Cl)c1. The first kappa shape index (κ1) is 15.8. The molecule has 0 aliphatic carbocycles. The van der Waals surface area contributed by atoms with Gasteiger partial charge in [0.2, 0.25) is 0 Å². The van der Waals surface area contributed by atoms with Crippen LogP contribution in [0.4, 0.5) is 5.69 Å². The number of aliphatic hydroxyl groups is 1. The summed E-state index contributed by atoms with van der Waals surface area (Å²) in [5.74, 6) is -0.314. The van der Waals surface area contributed by atoms with E-state index in [2.05, 4.69) is 5.32 Å². The van der Waals surface area contributed by atoms with E-state index in [1.807, 2.05) is 12.1 Å². The fourth-order valence-corrected chi connectivity index (χ4v) is 1.95. The highest BCUT2D eigenvalue weighted by Crippen LogP contribution is 2.24. The summed E-state index contributed by atoms with van der Waals surface area (Å²) >= 11 is 6.11. The molecule has 1 aromatic carbocycles. The van der Waals surface area contributed by atoms with Gasteiger partial charge < -0.3 is 15.2 Å². The summed E-state index contributed by atoms with van der Waals surface area (Å²) in [7, 11) is 0. The smallest absolute Gasteiger partial charge is 0.331 e. The number of ether oxygens (including phenoxy) is 1. The Morgan fingerprint density at radius 3 is 2.68 bits per heavy atom. The summed E-state index contributed by atoms with van der Waals surface area (Å²) in [5, 5.41) is 12.6. The van der Waals surface area contributed by atoms with Gasteiger partial charge in [-0.25, -0.2) is 4.79 Å². The Morgan fingerprint density at radius 2 is 2.16 bits per heavy atom. The van der Waals surface area contributed by atoms with Crippen LogP contribution in [0.1, 0.15) is 26.3 Å². The van der Waals surface area contributed by atoms with Crippen molar-refractivity contribution in [3.8, 4) is 0 Å². The molecule has 0 saturated carbocycles. The molecule has 4 nitrogen and oxygen atoms in total. The topological polar surface area (TPSA) is 58.6 Å². The summed E-state index contributed by atoms with van der Waals surface area (Å²) in [6, 6.07) is 5.41. The molecule has 19 heavy (non-hydrogen) atoms. The second kappa shape index (κ2) is 6.78. The highest BCUT2D eigenvalue weighted by molar-refractivity contribution is 6.31. The first-order valence-electron chi connectivity index (χ1n) is 6.25. The first-order valence-corrected chi connectivity index (χ1v) is 6.63. The van der Waals surface area contributed by atoms with Crippen LogP contribution in [0.2, 0.25) is 5.02 Å². The van der Waals surface area contributed by atoms with E-state index in [9.17, 15) is 4.79 Å². The predicted octanol–water partition coefficient (Wildman–Crippen LogP) is 2.63. The van der Waals surface area contributed by atoms with Crippen LogP contribution in [0.15, 0.2) is 18.2 Å². The second-order valence-corrected chi connectivity index (χ2v) is 5.16. The maximum absolute atomic E-state index is 11.8. The minimum Gasteiger partial charge on any atom is -0.464 e. The van der Waals surface area contributed by atoms with Gasteiger partial charge in [-0.1, -0.05) is 17.7 Å². The molecule has 0 unspecified atom stereocenters.